The first-order valence-electron chi connectivity index (χ1n) is 5.11. The maximum absolute atomic E-state index is 3.65. The van der Waals surface area contributed by atoms with Gasteiger partial charge in [0.1, 0.15) is 0 Å². The summed E-state index contributed by atoms with van der Waals surface area (Å²) in [5.41, 5.74) is 0. The minimum Gasteiger partial charge on any atom is -0.314 e. The van der Waals surface area contributed by atoms with E-state index in [9.17, 15) is 0 Å². The highest BCUT2D eigenvalue weighted by molar-refractivity contribution is 4.87. The Morgan fingerprint density at radius 1 is 1.09 bits per heavy atom. The molecule has 2 fully saturated rings. The number of piperidine rings is 1. The van der Waals surface area contributed by atoms with Crippen LogP contribution in [0.4, 0.5) is 0 Å². The molecule has 11 heavy (non-hydrogen) atoms. The predicted molar refractivity (Wildman–Crippen MR) is 47.5 cm³/mol. The first kappa shape index (κ1) is 7.60. The fourth-order valence-corrected chi connectivity index (χ4v) is 2.80. The zero-order valence-electron chi connectivity index (χ0n) is 7.47. The van der Waals surface area contributed by atoms with Gasteiger partial charge < -0.3 is 5.32 Å². The molecule has 1 nitrogen and oxygen atoms in total. The molecular formula is C10H19N. The Morgan fingerprint density at radius 2 is 1.91 bits per heavy atom. The van der Waals surface area contributed by atoms with Gasteiger partial charge in [-0.1, -0.05) is 19.8 Å². The molecule has 1 saturated carbocycles. The molecule has 0 amide bonds. The van der Waals surface area contributed by atoms with E-state index in [-0.39, 0.29) is 0 Å². The molecule has 0 bridgehead atoms. The molecule has 0 aromatic heterocycles. The molecule has 1 saturated heterocycles. The summed E-state index contributed by atoms with van der Waals surface area (Å²) < 4.78 is 0. The van der Waals surface area contributed by atoms with Gasteiger partial charge in [0, 0.05) is 6.04 Å². The molecule has 1 aliphatic carbocycles. The minimum absolute atomic E-state index is 0.882. The van der Waals surface area contributed by atoms with E-state index < -0.39 is 0 Å². The van der Waals surface area contributed by atoms with Crippen LogP contribution in [0.15, 0.2) is 0 Å². The highest BCUT2D eigenvalue weighted by atomic mass is 14.9. The smallest absolute Gasteiger partial charge is 0.00978 e. The number of hydrogen-bond acceptors (Lipinski definition) is 1. The zero-order chi connectivity index (χ0) is 7.68. The molecule has 0 unspecified atom stereocenters. The third-order valence-corrected chi connectivity index (χ3v) is 3.56. The lowest BCUT2D eigenvalue weighted by Crippen LogP contribution is -2.46. The van der Waals surface area contributed by atoms with Crippen molar-refractivity contribution in [2.75, 3.05) is 6.54 Å². The third kappa shape index (κ3) is 1.44. The second-order valence-electron chi connectivity index (χ2n) is 4.27. The van der Waals surface area contributed by atoms with Crippen molar-refractivity contribution in [3.8, 4) is 0 Å². The van der Waals surface area contributed by atoms with E-state index in [0.29, 0.717) is 0 Å². The van der Waals surface area contributed by atoms with Crippen LogP contribution < -0.4 is 5.32 Å². The van der Waals surface area contributed by atoms with Crippen molar-refractivity contribution in [2.45, 2.75) is 45.1 Å². The van der Waals surface area contributed by atoms with Gasteiger partial charge in [0.05, 0.1) is 0 Å². The Labute approximate surface area is 69.6 Å². The predicted octanol–water partition coefficient (Wildman–Crippen LogP) is 2.17. The molecule has 64 valence electrons. The van der Waals surface area contributed by atoms with Crippen LogP contribution >= 0.6 is 0 Å². The van der Waals surface area contributed by atoms with E-state index in [1.165, 1.54) is 38.6 Å². The Bertz CT molecular complexity index is 131. The Morgan fingerprint density at radius 3 is 2.73 bits per heavy atom. The molecule has 1 heterocycles. The van der Waals surface area contributed by atoms with Gasteiger partial charge in [-0.15, -0.1) is 0 Å². The summed E-state index contributed by atoms with van der Waals surface area (Å²) in [4.78, 5) is 0. The zero-order valence-corrected chi connectivity index (χ0v) is 7.47. The molecule has 3 atom stereocenters. The Kier molecular flexibility index (Phi) is 2.17. The quantitative estimate of drug-likeness (QED) is 0.562. The molecule has 0 spiro atoms. The lowest BCUT2D eigenvalue weighted by Gasteiger charge is -2.40. The van der Waals surface area contributed by atoms with Crippen molar-refractivity contribution in [3.63, 3.8) is 0 Å². The number of nitrogens with one attached hydrogen (secondary N) is 1. The van der Waals surface area contributed by atoms with Crippen LogP contribution in [-0.2, 0) is 0 Å². The second kappa shape index (κ2) is 3.14. The normalized spacial score (nSPS) is 45.0. The molecule has 0 aromatic carbocycles. The fraction of sp³-hybridized carbons (Fsp3) is 1.00. The van der Waals surface area contributed by atoms with E-state index in [2.05, 4.69) is 12.2 Å². The van der Waals surface area contributed by atoms with Crippen LogP contribution in [0, 0.1) is 11.8 Å². The van der Waals surface area contributed by atoms with E-state index >= 15 is 0 Å². The average Bonchev–Trinajstić information content (AvgIpc) is 2.06. The van der Waals surface area contributed by atoms with Crippen molar-refractivity contribution < 1.29 is 0 Å². The monoisotopic (exact) mass is 153 g/mol. The molecule has 1 N–H and O–H groups in total. The number of rotatable bonds is 0. The summed E-state index contributed by atoms with van der Waals surface area (Å²) in [6.45, 7) is 3.70. The summed E-state index contributed by atoms with van der Waals surface area (Å²) in [6, 6.07) is 0.882. The molecule has 0 radical (unpaired) electrons. The van der Waals surface area contributed by atoms with Crippen molar-refractivity contribution in [1.82, 2.24) is 5.32 Å². The van der Waals surface area contributed by atoms with Crippen LogP contribution in [0.1, 0.15) is 39.0 Å². The highest BCUT2D eigenvalue weighted by Gasteiger charge is 2.31. The van der Waals surface area contributed by atoms with Crippen LogP contribution in [0.25, 0.3) is 0 Å². The first-order valence-corrected chi connectivity index (χ1v) is 5.11. The number of hydrogen-bond donors (Lipinski definition) is 1. The Hall–Kier alpha value is -0.0400. The molecule has 1 aliphatic heterocycles. The van der Waals surface area contributed by atoms with E-state index in [4.69, 9.17) is 0 Å². The summed E-state index contributed by atoms with van der Waals surface area (Å²) in [5, 5.41) is 3.65. The standard InChI is InChI=1S/C10H19N/c1-8-6-7-11-10-5-3-2-4-9(8)10/h8-11H,2-7H2,1H3/t8-,9-,10-/m1/s1. The topological polar surface area (TPSA) is 12.0 Å². The summed E-state index contributed by atoms with van der Waals surface area (Å²) >= 11 is 0. The van der Waals surface area contributed by atoms with E-state index in [1.807, 2.05) is 0 Å². The van der Waals surface area contributed by atoms with Gasteiger partial charge in [-0.05, 0) is 37.6 Å². The second-order valence-corrected chi connectivity index (χ2v) is 4.27. The van der Waals surface area contributed by atoms with Crippen LogP contribution in [-0.4, -0.2) is 12.6 Å². The van der Waals surface area contributed by atoms with Gasteiger partial charge >= 0.3 is 0 Å². The number of fused-ring (bicyclic) bond motifs is 1. The third-order valence-electron chi connectivity index (χ3n) is 3.56. The van der Waals surface area contributed by atoms with Gasteiger partial charge in [-0.2, -0.15) is 0 Å². The molecular weight excluding hydrogens is 134 g/mol. The highest BCUT2D eigenvalue weighted by Crippen LogP contribution is 2.34. The summed E-state index contributed by atoms with van der Waals surface area (Å²) in [5.74, 6) is 2.00. The van der Waals surface area contributed by atoms with E-state index in [1.54, 1.807) is 0 Å². The fourth-order valence-electron chi connectivity index (χ4n) is 2.80. The molecule has 2 rings (SSSR count). The lowest BCUT2D eigenvalue weighted by molar-refractivity contribution is 0.151. The van der Waals surface area contributed by atoms with Gasteiger partial charge in [0.15, 0.2) is 0 Å². The van der Waals surface area contributed by atoms with Gasteiger partial charge in [0.25, 0.3) is 0 Å². The average molecular weight is 153 g/mol. The van der Waals surface area contributed by atoms with Gasteiger partial charge in [0.2, 0.25) is 0 Å². The van der Waals surface area contributed by atoms with Crippen LogP contribution in [0.3, 0.4) is 0 Å². The summed E-state index contributed by atoms with van der Waals surface area (Å²) in [6.07, 6.45) is 7.27. The minimum atomic E-state index is 0.882. The summed E-state index contributed by atoms with van der Waals surface area (Å²) in [7, 11) is 0. The van der Waals surface area contributed by atoms with Crippen LogP contribution in [0.5, 0.6) is 0 Å². The molecule has 1 heteroatoms. The first-order chi connectivity index (χ1) is 5.38. The lowest BCUT2D eigenvalue weighted by atomic mass is 9.74. The Balaban J connectivity index is 1.99. The maximum atomic E-state index is 3.65. The van der Waals surface area contributed by atoms with Gasteiger partial charge in [-0.3, -0.25) is 0 Å². The largest absolute Gasteiger partial charge is 0.314 e. The van der Waals surface area contributed by atoms with Crippen molar-refractivity contribution in [1.29, 1.82) is 0 Å². The molecule has 2 aliphatic rings. The van der Waals surface area contributed by atoms with Crippen molar-refractivity contribution in [2.24, 2.45) is 11.8 Å². The van der Waals surface area contributed by atoms with E-state index in [0.717, 1.165) is 17.9 Å². The maximum Gasteiger partial charge on any atom is 0.00978 e. The van der Waals surface area contributed by atoms with Crippen LogP contribution in [0.2, 0.25) is 0 Å². The SMILES string of the molecule is C[C@@H]1CCN[C@@H]2CCCC[C@H]12. The van der Waals surface area contributed by atoms with Gasteiger partial charge in [-0.25, -0.2) is 0 Å². The van der Waals surface area contributed by atoms with Crippen molar-refractivity contribution in [3.05, 3.63) is 0 Å². The van der Waals surface area contributed by atoms with Crippen molar-refractivity contribution >= 4 is 0 Å². The molecule has 0 aromatic rings.